The van der Waals surface area contributed by atoms with Crippen LogP contribution in [0.25, 0.3) is 0 Å². The first-order valence-corrected chi connectivity index (χ1v) is 5.83. The normalized spacial score (nSPS) is 10.6. The van der Waals surface area contributed by atoms with Gasteiger partial charge in [-0.05, 0) is 19.9 Å². The molecule has 2 aromatic heterocycles. The van der Waals surface area contributed by atoms with Crippen LogP contribution in [0.1, 0.15) is 27.4 Å². The summed E-state index contributed by atoms with van der Waals surface area (Å²) in [6.07, 6.45) is 1.43. The van der Waals surface area contributed by atoms with Crippen molar-refractivity contribution in [3.8, 4) is 0 Å². The largest absolute Gasteiger partial charge is 0.464 e. The summed E-state index contributed by atoms with van der Waals surface area (Å²) < 4.78 is 6.69. The monoisotopic (exact) mass is 278 g/mol. The number of nitrogens with one attached hydrogen (secondary N) is 2. The minimum absolute atomic E-state index is 0.106. The van der Waals surface area contributed by atoms with Gasteiger partial charge in [0.05, 0.1) is 12.1 Å². The number of furan rings is 1. The lowest BCUT2D eigenvalue weighted by Crippen LogP contribution is -2.31. The standard InChI is InChI=1S/C12H14N4O4/c1-6-4-16(12(19)14-10(6)17)5-8-3-9(7(2)20-8)11(18)15-13/h3-4H,5,13H2,1-2H3,(H,15,18)(H,14,17,19). The maximum Gasteiger partial charge on any atom is 0.328 e. The third kappa shape index (κ3) is 2.54. The first-order valence-electron chi connectivity index (χ1n) is 5.83. The molecule has 0 fully saturated rings. The number of amides is 1. The van der Waals surface area contributed by atoms with E-state index in [2.05, 4.69) is 4.98 Å². The highest BCUT2D eigenvalue weighted by Crippen LogP contribution is 2.15. The van der Waals surface area contributed by atoms with Crippen LogP contribution >= 0.6 is 0 Å². The number of nitrogen functional groups attached to an aromatic ring is 1. The van der Waals surface area contributed by atoms with E-state index in [1.807, 2.05) is 5.43 Å². The van der Waals surface area contributed by atoms with Gasteiger partial charge in [0, 0.05) is 11.8 Å². The van der Waals surface area contributed by atoms with Crippen LogP contribution in [0.15, 0.2) is 26.3 Å². The van der Waals surface area contributed by atoms with Crippen LogP contribution in [0.4, 0.5) is 0 Å². The molecule has 0 aromatic carbocycles. The smallest absolute Gasteiger partial charge is 0.328 e. The van der Waals surface area contributed by atoms with Crippen LogP contribution in [0, 0.1) is 13.8 Å². The highest BCUT2D eigenvalue weighted by Gasteiger charge is 2.14. The molecule has 0 saturated carbocycles. The van der Waals surface area contributed by atoms with Gasteiger partial charge in [0.25, 0.3) is 11.5 Å². The number of nitrogens with two attached hydrogens (primary N) is 1. The first kappa shape index (κ1) is 13.8. The minimum Gasteiger partial charge on any atom is -0.464 e. The number of aromatic nitrogens is 2. The van der Waals surface area contributed by atoms with E-state index < -0.39 is 17.2 Å². The van der Waals surface area contributed by atoms with Gasteiger partial charge in [-0.25, -0.2) is 10.6 Å². The zero-order valence-corrected chi connectivity index (χ0v) is 11.0. The summed E-state index contributed by atoms with van der Waals surface area (Å²) in [5.41, 5.74) is 1.76. The molecule has 0 radical (unpaired) electrons. The third-order valence-corrected chi connectivity index (χ3v) is 2.86. The molecule has 8 heteroatoms. The number of carbonyl (C=O) groups is 1. The average Bonchev–Trinajstić information content (AvgIpc) is 2.76. The van der Waals surface area contributed by atoms with Gasteiger partial charge in [0.15, 0.2) is 0 Å². The number of hydrogen-bond acceptors (Lipinski definition) is 5. The molecule has 0 atom stereocenters. The van der Waals surface area contributed by atoms with E-state index in [1.165, 1.54) is 16.8 Å². The van der Waals surface area contributed by atoms with Crippen molar-refractivity contribution in [3.63, 3.8) is 0 Å². The lowest BCUT2D eigenvalue weighted by atomic mass is 10.2. The van der Waals surface area contributed by atoms with Gasteiger partial charge in [-0.1, -0.05) is 0 Å². The zero-order chi connectivity index (χ0) is 14.9. The molecule has 2 aromatic rings. The van der Waals surface area contributed by atoms with Gasteiger partial charge in [-0.2, -0.15) is 0 Å². The molecule has 0 aliphatic rings. The Labute approximate surface area is 113 Å². The molecular formula is C12H14N4O4. The zero-order valence-electron chi connectivity index (χ0n) is 11.0. The van der Waals surface area contributed by atoms with Crippen molar-refractivity contribution in [3.05, 3.63) is 55.7 Å². The molecule has 0 unspecified atom stereocenters. The second-order valence-electron chi connectivity index (χ2n) is 4.36. The van der Waals surface area contributed by atoms with Crippen molar-refractivity contribution in [1.82, 2.24) is 15.0 Å². The molecule has 0 spiro atoms. The van der Waals surface area contributed by atoms with Crippen molar-refractivity contribution in [2.45, 2.75) is 20.4 Å². The lowest BCUT2D eigenvalue weighted by Gasteiger charge is -2.03. The Morgan fingerprint density at radius 1 is 1.45 bits per heavy atom. The maximum atomic E-state index is 11.6. The molecule has 1 amide bonds. The van der Waals surface area contributed by atoms with Gasteiger partial charge < -0.3 is 4.42 Å². The average molecular weight is 278 g/mol. The van der Waals surface area contributed by atoms with E-state index in [4.69, 9.17) is 10.3 Å². The van der Waals surface area contributed by atoms with E-state index in [0.29, 0.717) is 22.6 Å². The Balaban J connectivity index is 2.36. The number of rotatable bonds is 3. The second kappa shape index (κ2) is 5.17. The summed E-state index contributed by atoms with van der Waals surface area (Å²) in [5, 5.41) is 0. The maximum absolute atomic E-state index is 11.6. The summed E-state index contributed by atoms with van der Waals surface area (Å²) in [7, 11) is 0. The third-order valence-electron chi connectivity index (χ3n) is 2.86. The van der Waals surface area contributed by atoms with Gasteiger partial charge in [0.2, 0.25) is 0 Å². The van der Waals surface area contributed by atoms with Crippen molar-refractivity contribution < 1.29 is 9.21 Å². The fraction of sp³-hybridized carbons (Fsp3) is 0.250. The Morgan fingerprint density at radius 3 is 2.80 bits per heavy atom. The van der Waals surface area contributed by atoms with Crippen LogP contribution in [0.5, 0.6) is 0 Å². The van der Waals surface area contributed by atoms with Crippen LogP contribution in [-0.2, 0) is 6.54 Å². The van der Waals surface area contributed by atoms with E-state index in [9.17, 15) is 14.4 Å². The fourth-order valence-corrected chi connectivity index (χ4v) is 1.83. The van der Waals surface area contributed by atoms with Crippen molar-refractivity contribution in [2.75, 3.05) is 0 Å². The van der Waals surface area contributed by atoms with E-state index in [-0.39, 0.29) is 6.54 Å². The highest BCUT2D eigenvalue weighted by molar-refractivity contribution is 5.94. The molecule has 0 aliphatic heterocycles. The molecule has 0 bridgehead atoms. The molecule has 2 rings (SSSR count). The Kier molecular flexibility index (Phi) is 3.57. The quantitative estimate of drug-likeness (QED) is 0.393. The molecule has 8 nitrogen and oxygen atoms in total. The van der Waals surface area contributed by atoms with Crippen molar-refractivity contribution >= 4 is 5.91 Å². The predicted molar refractivity (Wildman–Crippen MR) is 70.3 cm³/mol. The molecular weight excluding hydrogens is 264 g/mol. The first-order chi connectivity index (χ1) is 9.42. The van der Waals surface area contributed by atoms with E-state index in [1.54, 1.807) is 13.8 Å². The van der Waals surface area contributed by atoms with Gasteiger partial charge in [-0.3, -0.25) is 24.6 Å². The van der Waals surface area contributed by atoms with E-state index >= 15 is 0 Å². The summed E-state index contributed by atoms with van der Waals surface area (Å²) in [6.45, 7) is 3.32. The Bertz CT molecular complexity index is 768. The molecule has 4 N–H and O–H groups in total. The van der Waals surface area contributed by atoms with E-state index in [0.717, 1.165) is 0 Å². The fourth-order valence-electron chi connectivity index (χ4n) is 1.83. The van der Waals surface area contributed by atoms with Crippen molar-refractivity contribution in [2.24, 2.45) is 5.84 Å². The number of aromatic amines is 1. The van der Waals surface area contributed by atoms with Crippen molar-refractivity contribution in [1.29, 1.82) is 0 Å². The molecule has 20 heavy (non-hydrogen) atoms. The van der Waals surface area contributed by atoms with Crippen LogP contribution in [0.3, 0.4) is 0 Å². The summed E-state index contributed by atoms with van der Waals surface area (Å²) >= 11 is 0. The van der Waals surface area contributed by atoms with Crippen LogP contribution in [-0.4, -0.2) is 15.5 Å². The summed E-state index contributed by atoms with van der Waals surface area (Å²) in [6, 6.07) is 1.50. The van der Waals surface area contributed by atoms with Crippen LogP contribution < -0.4 is 22.5 Å². The van der Waals surface area contributed by atoms with Gasteiger partial charge >= 0.3 is 5.69 Å². The number of aryl methyl sites for hydroxylation is 2. The molecule has 2 heterocycles. The number of hydrogen-bond donors (Lipinski definition) is 3. The lowest BCUT2D eigenvalue weighted by molar-refractivity contribution is 0.0952. The number of hydrazine groups is 1. The summed E-state index contributed by atoms with van der Waals surface area (Å²) in [5.74, 6) is 5.40. The molecule has 106 valence electrons. The SMILES string of the molecule is Cc1oc(Cn2cc(C)c(=O)[nH]c2=O)cc1C(=O)NN. The summed E-state index contributed by atoms with van der Waals surface area (Å²) in [4.78, 5) is 36.6. The number of carbonyl (C=O) groups excluding carboxylic acids is 1. The Hall–Kier alpha value is -2.61. The number of nitrogens with zero attached hydrogens (tertiary/aromatic N) is 1. The van der Waals surface area contributed by atoms with Crippen LogP contribution in [0.2, 0.25) is 0 Å². The van der Waals surface area contributed by atoms with Gasteiger partial charge in [-0.15, -0.1) is 0 Å². The van der Waals surface area contributed by atoms with Gasteiger partial charge in [0.1, 0.15) is 11.5 Å². The minimum atomic E-state index is -0.542. The second-order valence-corrected chi connectivity index (χ2v) is 4.36. The molecule has 0 saturated heterocycles. The topological polar surface area (TPSA) is 123 Å². The predicted octanol–water partition coefficient (Wildman–Crippen LogP) is -0.602. The number of H-pyrrole nitrogens is 1. The Morgan fingerprint density at radius 2 is 2.15 bits per heavy atom. The highest BCUT2D eigenvalue weighted by atomic mass is 16.3. The molecule has 0 aliphatic carbocycles.